The number of aliphatic hydroxyl groups excluding tert-OH is 1. The van der Waals surface area contributed by atoms with Crippen LogP contribution in [0.1, 0.15) is 46.5 Å². The fraction of sp³-hybridized carbons (Fsp3) is 0.550. The Morgan fingerprint density at radius 2 is 2.07 bits per heavy atom. The molecule has 0 fully saturated rings. The Bertz CT molecular complexity index is 818. The molecule has 1 amide bonds. The molecular weight excluding hydrogens is 344 g/mol. The number of fused-ring (bicyclic) bond motifs is 1. The minimum atomic E-state index is -0.702. The van der Waals surface area contributed by atoms with Crippen molar-refractivity contribution in [1.29, 1.82) is 0 Å². The molecule has 146 valence electrons. The van der Waals surface area contributed by atoms with Crippen molar-refractivity contribution in [1.82, 2.24) is 14.9 Å². The zero-order chi connectivity index (χ0) is 19.6. The first-order valence-corrected chi connectivity index (χ1v) is 9.47. The van der Waals surface area contributed by atoms with Gasteiger partial charge < -0.3 is 19.3 Å². The van der Waals surface area contributed by atoms with Crippen LogP contribution in [0.2, 0.25) is 0 Å². The third-order valence-corrected chi connectivity index (χ3v) is 4.96. The summed E-state index contributed by atoms with van der Waals surface area (Å²) in [7, 11) is 3.57. The van der Waals surface area contributed by atoms with E-state index in [0.29, 0.717) is 12.3 Å². The number of furan rings is 1. The number of anilines is 1. The van der Waals surface area contributed by atoms with E-state index >= 15 is 0 Å². The summed E-state index contributed by atoms with van der Waals surface area (Å²) in [5, 5.41) is 10.5. The van der Waals surface area contributed by atoms with Gasteiger partial charge in [-0.05, 0) is 31.7 Å². The second-order valence-corrected chi connectivity index (χ2v) is 7.28. The number of aliphatic hydroxyl groups is 1. The maximum Gasteiger partial charge on any atom is 0.289 e. The Morgan fingerprint density at radius 3 is 2.81 bits per heavy atom. The van der Waals surface area contributed by atoms with Crippen LogP contribution in [0.25, 0.3) is 0 Å². The second-order valence-electron chi connectivity index (χ2n) is 7.28. The van der Waals surface area contributed by atoms with Gasteiger partial charge in [-0.1, -0.05) is 6.92 Å². The molecule has 3 rings (SSSR count). The Morgan fingerprint density at radius 1 is 1.30 bits per heavy atom. The van der Waals surface area contributed by atoms with Crippen LogP contribution in [0.4, 0.5) is 5.82 Å². The topological polar surface area (TPSA) is 82.7 Å². The van der Waals surface area contributed by atoms with Gasteiger partial charge in [0.05, 0.1) is 12.4 Å². The molecule has 0 bridgehead atoms. The predicted octanol–water partition coefficient (Wildman–Crippen LogP) is 2.00. The van der Waals surface area contributed by atoms with E-state index in [4.69, 9.17) is 4.42 Å². The maximum atomic E-state index is 12.7. The number of aryl methyl sites for hydroxylation is 3. The zero-order valence-corrected chi connectivity index (χ0v) is 16.5. The number of rotatable bonds is 7. The first kappa shape index (κ1) is 19.4. The van der Waals surface area contributed by atoms with Gasteiger partial charge >= 0.3 is 0 Å². The summed E-state index contributed by atoms with van der Waals surface area (Å²) in [4.78, 5) is 25.0. The highest BCUT2D eigenvalue weighted by Gasteiger charge is 2.26. The van der Waals surface area contributed by atoms with Gasteiger partial charge in [0.1, 0.15) is 11.6 Å². The molecule has 0 spiro atoms. The number of carbonyl (C=O) groups is 1. The molecule has 0 saturated carbocycles. The molecule has 0 aromatic carbocycles. The third kappa shape index (κ3) is 4.30. The lowest BCUT2D eigenvalue weighted by Gasteiger charge is -2.25. The van der Waals surface area contributed by atoms with E-state index in [1.165, 1.54) is 4.90 Å². The summed E-state index contributed by atoms with van der Waals surface area (Å²) in [5.74, 6) is 1.80. The molecule has 27 heavy (non-hydrogen) atoms. The Kier molecular flexibility index (Phi) is 5.79. The molecule has 0 aliphatic heterocycles. The van der Waals surface area contributed by atoms with Crippen molar-refractivity contribution in [2.45, 2.75) is 45.6 Å². The third-order valence-electron chi connectivity index (χ3n) is 4.96. The summed E-state index contributed by atoms with van der Waals surface area (Å²) in [5.41, 5.74) is 3.07. The standard InChI is InChI=1S/C20H28N4O3/c1-5-17-21-13(2)9-18(22-17)23(3)10-15(25)11-24(4)20(26)19-16-8-6-7-14(16)12-27-19/h9,12,15,25H,5-8,10-11H2,1-4H3. The highest BCUT2D eigenvalue weighted by molar-refractivity contribution is 5.93. The van der Waals surface area contributed by atoms with Gasteiger partial charge in [-0.15, -0.1) is 0 Å². The average molecular weight is 372 g/mol. The minimum Gasteiger partial charge on any atom is -0.459 e. The van der Waals surface area contributed by atoms with Gasteiger partial charge in [0.2, 0.25) is 0 Å². The Balaban J connectivity index is 1.60. The fourth-order valence-corrected chi connectivity index (χ4v) is 3.54. The summed E-state index contributed by atoms with van der Waals surface area (Å²) in [6.45, 7) is 4.54. The number of carbonyl (C=O) groups excluding carboxylic acids is 1. The van der Waals surface area contributed by atoms with E-state index in [1.807, 2.05) is 31.9 Å². The van der Waals surface area contributed by atoms with Crippen LogP contribution in [-0.2, 0) is 19.3 Å². The quantitative estimate of drug-likeness (QED) is 0.800. The summed E-state index contributed by atoms with van der Waals surface area (Å²) in [6, 6.07) is 1.90. The number of hydrogen-bond donors (Lipinski definition) is 1. The van der Waals surface area contributed by atoms with E-state index in [1.54, 1.807) is 13.3 Å². The Labute approximate surface area is 160 Å². The Hall–Kier alpha value is -2.41. The van der Waals surface area contributed by atoms with Gasteiger partial charge in [0, 0.05) is 50.9 Å². The predicted molar refractivity (Wildman–Crippen MR) is 103 cm³/mol. The van der Waals surface area contributed by atoms with Crippen LogP contribution >= 0.6 is 0 Å². The van der Waals surface area contributed by atoms with Crippen LogP contribution in [-0.4, -0.2) is 59.2 Å². The van der Waals surface area contributed by atoms with Gasteiger partial charge in [0.25, 0.3) is 5.91 Å². The molecule has 1 unspecified atom stereocenters. The van der Waals surface area contributed by atoms with Crippen molar-refractivity contribution >= 4 is 11.7 Å². The fourth-order valence-electron chi connectivity index (χ4n) is 3.54. The van der Waals surface area contributed by atoms with E-state index < -0.39 is 6.10 Å². The summed E-state index contributed by atoms with van der Waals surface area (Å²) < 4.78 is 5.49. The van der Waals surface area contributed by atoms with E-state index in [-0.39, 0.29) is 12.5 Å². The molecular formula is C20H28N4O3. The lowest BCUT2D eigenvalue weighted by Crippen LogP contribution is -2.40. The molecule has 2 aromatic rings. The van der Waals surface area contributed by atoms with Crippen molar-refractivity contribution in [3.63, 3.8) is 0 Å². The van der Waals surface area contributed by atoms with Crippen molar-refractivity contribution in [3.05, 3.63) is 40.7 Å². The van der Waals surface area contributed by atoms with Gasteiger partial charge in [-0.3, -0.25) is 4.79 Å². The minimum absolute atomic E-state index is 0.175. The lowest BCUT2D eigenvalue weighted by molar-refractivity contribution is 0.0660. The number of hydrogen-bond acceptors (Lipinski definition) is 6. The molecule has 1 N–H and O–H groups in total. The number of nitrogens with zero attached hydrogens (tertiary/aromatic N) is 4. The molecule has 1 atom stereocenters. The average Bonchev–Trinajstić information content (AvgIpc) is 3.23. The number of aromatic nitrogens is 2. The van der Waals surface area contributed by atoms with Crippen LogP contribution in [0.15, 0.2) is 16.7 Å². The van der Waals surface area contributed by atoms with Crippen LogP contribution in [0.5, 0.6) is 0 Å². The normalized spacial score (nSPS) is 14.1. The zero-order valence-electron chi connectivity index (χ0n) is 16.5. The highest BCUT2D eigenvalue weighted by Crippen LogP contribution is 2.27. The maximum absolute atomic E-state index is 12.7. The number of amides is 1. The van der Waals surface area contributed by atoms with Gasteiger partial charge in [-0.25, -0.2) is 9.97 Å². The van der Waals surface area contributed by atoms with Crippen molar-refractivity contribution in [2.24, 2.45) is 0 Å². The van der Waals surface area contributed by atoms with E-state index in [0.717, 1.165) is 54.1 Å². The van der Waals surface area contributed by atoms with Gasteiger partial charge in [-0.2, -0.15) is 0 Å². The smallest absolute Gasteiger partial charge is 0.289 e. The van der Waals surface area contributed by atoms with Crippen molar-refractivity contribution < 1.29 is 14.3 Å². The van der Waals surface area contributed by atoms with Crippen molar-refractivity contribution in [3.8, 4) is 0 Å². The van der Waals surface area contributed by atoms with Crippen LogP contribution in [0.3, 0.4) is 0 Å². The highest BCUT2D eigenvalue weighted by atomic mass is 16.3. The first-order chi connectivity index (χ1) is 12.9. The van der Waals surface area contributed by atoms with E-state index in [2.05, 4.69) is 9.97 Å². The monoisotopic (exact) mass is 372 g/mol. The lowest BCUT2D eigenvalue weighted by atomic mass is 10.1. The molecule has 2 heterocycles. The molecule has 1 aliphatic rings. The van der Waals surface area contributed by atoms with Crippen LogP contribution < -0.4 is 4.90 Å². The molecule has 0 radical (unpaired) electrons. The molecule has 7 nitrogen and oxygen atoms in total. The van der Waals surface area contributed by atoms with Crippen molar-refractivity contribution in [2.75, 3.05) is 32.1 Å². The summed E-state index contributed by atoms with van der Waals surface area (Å²) >= 11 is 0. The molecule has 1 aliphatic carbocycles. The molecule has 2 aromatic heterocycles. The SMILES string of the molecule is CCc1nc(C)cc(N(C)CC(O)CN(C)C(=O)c2occ3c2CCC3)n1. The number of likely N-dealkylation sites (N-methyl/N-ethyl adjacent to an activating group) is 2. The van der Waals surface area contributed by atoms with Crippen LogP contribution in [0, 0.1) is 6.92 Å². The molecule has 7 heteroatoms. The first-order valence-electron chi connectivity index (χ1n) is 9.47. The molecule has 0 saturated heterocycles. The second kappa shape index (κ2) is 8.08. The largest absolute Gasteiger partial charge is 0.459 e. The van der Waals surface area contributed by atoms with E-state index in [9.17, 15) is 9.90 Å². The summed E-state index contributed by atoms with van der Waals surface area (Å²) in [6.07, 6.45) is 4.68. The van der Waals surface area contributed by atoms with Gasteiger partial charge in [0.15, 0.2) is 5.76 Å².